The van der Waals surface area contributed by atoms with E-state index in [1.807, 2.05) is 10.8 Å². The lowest BCUT2D eigenvalue weighted by atomic mass is 10.0. The maximum atomic E-state index is 15.3. The maximum Gasteiger partial charge on any atom is 0.171 e. The largest absolute Gasteiger partial charge is 0.203 e. The smallest absolute Gasteiger partial charge is 0.171 e. The fourth-order valence-corrected chi connectivity index (χ4v) is 7.93. The van der Waals surface area contributed by atoms with E-state index in [9.17, 15) is 0 Å². The van der Waals surface area contributed by atoms with Crippen molar-refractivity contribution < 1.29 is 17.6 Å². The van der Waals surface area contributed by atoms with Crippen LogP contribution in [0.5, 0.6) is 0 Å². The highest BCUT2D eigenvalue weighted by Gasteiger charge is 2.28. The number of rotatable bonds is 24. The van der Waals surface area contributed by atoms with Gasteiger partial charge in [0, 0.05) is 9.75 Å². The number of halogens is 4. The summed E-state index contributed by atoms with van der Waals surface area (Å²) in [5.74, 6) is -5.24. The lowest BCUT2D eigenvalue weighted by Crippen LogP contribution is -2.02. The van der Waals surface area contributed by atoms with Crippen molar-refractivity contribution in [3.63, 3.8) is 0 Å². The summed E-state index contributed by atoms with van der Waals surface area (Å²) in [6, 6.07) is 3.38. The van der Waals surface area contributed by atoms with E-state index < -0.39 is 34.4 Å². The molecule has 0 fully saturated rings. The van der Waals surface area contributed by atoms with E-state index in [0.29, 0.717) is 0 Å². The van der Waals surface area contributed by atoms with Crippen LogP contribution in [-0.4, -0.2) is 0 Å². The second-order valence-corrected chi connectivity index (χ2v) is 14.3. The van der Waals surface area contributed by atoms with Gasteiger partial charge in [0.15, 0.2) is 23.3 Å². The molecular formula is C38H54F4S2. The molecule has 1 aromatic carbocycles. The Morgan fingerprint density at radius 1 is 0.409 bits per heavy atom. The highest BCUT2D eigenvalue weighted by atomic mass is 32.1. The molecule has 0 unspecified atom stereocenters. The van der Waals surface area contributed by atoms with Gasteiger partial charge in [-0.1, -0.05) is 129 Å². The SMILES string of the molecule is CCCCCCCCCCCCc1csc(-c2c(F)c(F)c(-c3cc(CCCCCCCCCCCC)cs3)c(F)c2F)c1. The summed E-state index contributed by atoms with van der Waals surface area (Å²) < 4.78 is 61.1. The van der Waals surface area contributed by atoms with Gasteiger partial charge in [0.2, 0.25) is 0 Å². The minimum atomic E-state index is -1.31. The lowest BCUT2D eigenvalue weighted by Gasteiger charge is -2.10. The van der Waals surface area contributed by atoms with Crippen LogP contribution >= 0.6 is 22.7 Å². The predicted molar refractivity (Wildman–Crippen MR) is 184 cm³/mol. The molecule has 0 N–H and O–H groups in total. The first-order valence-corrected chi connectivity index (χ1v) is 19.2. The molecule has 0 saturated heterocycles. The summed E-state index contributed by atoms with van der Waals surface area (Å²) in [4.78, 5) is 0.471. The van der Waals surface area contributed by atoms with Crippen LogP contribution in [0.2, 0.25) is 0 Å². The summed E-state index contributed by atoms with van der Waals surface area (Å²) in [5, 5.41) is 3.70. The zero-order valence-corrected chi connectivity index (χ0v) is 28.8. The average molecular weight is 651 g/mol. The maximum absolute atomic E-state index is 15.3. The number of benzene rings is 1. The highest BCUT2D eigenvalue weighted by molar-refractivity contribution is 7.14. The molecule has 2 aromatic heterocycles. The molecule has 44 heavy (non-hydrogen) atoms. The monoisotopic (exact) mass is 650 g/mol. The number of hydrogen-bond donors (Lipinski definition) is 0. The van der Waals surface area contributed by atoms with Crippen LogP contribution in [0.15, 0.2) is 22.9 Å². The Morgan fingerprint density at radius 2 is 0.682 bits per heavy atom. The van der Waals surface area contributed by atoms with Gasteiger partial charge in [-0.3, -0.25) is 0 Å². The van der Waals surface area contributed by atoms with Crippen molar-refractivity contribution >= 4 is 22.7 Å². The fraction of sp³-hybridized carbons (Fsp3) is 0.632. The molecular weight excluding hydrogens is 597 g/mol. The summed E-state index contributed by atoms with van der Waals surface area (Å²) in [6.45, 7) is 4.46. The third kappa shape index (κ3) is 11.9. The van der Waals surface area contributed by atoms with Gasteiger partial charge in [0.1, 0.15) is 0 Å². The second-order valence-electron chi connectivity index (χ2n) is 12.5. The molecule has 2 heterocycles. The zero-order valence-electron chi connectivity index (χ0n) is 27.2. The molecule has 0 bridgehead atoms. The van der Waals surface area contributed by atoms with E-state index in [-0.39, 0.29) is 9.75 Å². The number of unbranched alkanes of at least 4 members (excludes halogenated alkanes) is 18. The Kier molecular flexibility index (Phi) is 17.7. The number of hydrogen-bond acceptors (Lipinski definition) is 2. The molecule has 0 radical (unpaired) electrons. The molecule has 246 valence electrons. The molecule has 3 rings (SSSR count). The van der Waals surface area contributed by atoms with E-state index in [0.717, 1.165) is 72.3 Å². The van der Waals surface area contributed by atoms with E-state index in [4.69, 9.17) is 0 Å². The normalized spacial score (nSPS) is 11.6. The molecule has 0 aliphatic rings. The summed E-state index contributed by atoms with van der Waals surface area (Å²) in [5.41, 5.74) is 0.738. The van der Waals surface area contributed by atoms with Crippen molar-refractivity contribution in [2.45, 2.75) is 155 Å². The Hall–Kier alpha value is -1.66. The Morgan fingerprint density at radius 3 is 0.977 bits per heavy atom. The van der Waals surface area contributed by atoms with Gasteiger partial charge >= 0.3 is 0 Å². The van der Waals surface area contributed by atoms with Crippen LogP contribution in [0, 0.1) is 23.3 Å². The van der Waals surface area contributed by atoms with Gasteiger partial charge in [0.25, 0.3) is 0 Å². The van der Waals surface area contributed by atoms with Crippen molar-refractivity contribution in [3.05, 3.63) is 57.3 Å². The van der Waals surface area contributed by atoms with Gasteiger partial charge in [-0.2, -0.15) is 0 Å². The molecule has 0 spiro atoms. The third-order valence-electron chi connectivity index (χ3n) is 8.70. The van der Waals surface area contributed by atoms with Gasteiger partial charge in [-0.25, -0.2) is 17.6 Å². The minimum absolute atomic E-state index is 0.235. The molecule has 0 aliphatic heterocycles. The quantitative estimate of drug-likeness (QED) is 0.0514. The molecule has 3 aromatic rings. The van der Waals surface area contributed by atoms with E-state index >= 15 is 17.6 Å². The van der Waals surface area contributed by atoms with Gasteiger partial charge in [-0.05, 0) is 59.7 Å². The lowest BCUT2D eigenvalue weighted by molar-refractivity contribution is 0.463. The van der Waals surface area contributed by atoms with Crippen LogP contribution in [0.3, 0.4) is 0 Å². The predicted octanol–water partition coefficient (Wildman–Crippen LogP) is 14.6. The zero-order chi connectivity index (χ0) is 31.6. The second kappa shape index (κ2) is 21.2. The van der Waals surface area contributed by atoms with Gasteiger partial charge < -0.3 is 0 Å². The Labute approximate surface area is 272 Å². The first kappa shape index (κ1) is 36.8. The fourth-order valence-electron chi connectivity index (χ4n) is 5.97. The Balaban J connectivity index is 1.48. The highest BCUT2D eigenvalue weighted by Crippen LogP contribution is 2.41. The summed E-state index contributed by atoms with van der Waals surface area (Å²) >= 11 is 2.29. The molecule has 0 nitrogen and oxygen atoms in total. The third-order valence-corrected chi connectivity index (χ3v) is 10.7. The molecule has 0 aliphatic carbocycles. The number of thiophene rings is 2. The molecule has 0 atom stereocenters. The molecule has 0 amide bonds. The number of aryl methyl sites for hydroxylation is 2. The standard InChI is InChI=1S/C38H54F4S2/c1-3-5-7-9-11-13-15-17-19-21-23-29-25-31(43-27-29)33-35(39)37(41)34(38(42)36(33)40)32-26-30(28-44-32)24-22-20-18-16-14-12-10-8-6-4-2/h25-28H,3-24H2,1-2H3. The van der Waals surface area contributed by atoms with Crippen molar-refractivity contribution in [2.24, 2.45) is 0 Å². The van der Waals surface area contributed by atoms with Crippen molar-refractivity contribution in [3.8, 4) is 20.9 Å². The van der Waals surface area contributed by atoms with Crippen molar-refractivity contribution in [2.75, 3.05) is 0 Å². The van der Waals surface area contributed by atoms with Gasteiger partial charge in [-0.15, -0.1) is 22.7 Å². The van der Waals surface area contributed by atoms with Crippen molar-refractivity contribution in [1.82, 2.24) is 0 Å². The summed E-state index contributed by atoms with van der Waals surface area (Å²) in [6.07, 6.45) is 26.4. The van der Waals surface area contributed by atoms with Crippen LogP contribution in [-0.2, 0) is 12.8 Å². The van der Waals surface area contributed by atoms with Crippen LogP contribution in [0.25, 0.3) is 20.9 Å². The average Bonchev–Trinajstić information content (AvgIpc) is 3.68. The van der Waals surface area contributed by atoms with Crippen LogP contribution in [0.4, 0.5) is 17.6 Å². The first-order valence-electron chi connectivity index (χ1n) is 17.5. The van der Waals surface area contributed by atoms with E-state index in [1.54, 1.807) is 12.1 Å². The summed E-state index contributed by atoms with van der Waals surface area (Å²) in [7, 11) is 0. The molecule has 6 heteroatoms. The minimum Gasteiger partial charge on any atom is -0.203 e. The van der Waals surface area contributed by atoms with Crippen molar-refractivity contribution in [1.29, 1.82) is 0 Å². The van der Waals surface area contributed by atoms with Crippen LogP contribution in [0.1, 0.15) is 153 Å². The van der Waals surface area contributed by atoms with Gasteiger partial charge in [0.05, 0.1) is 11.1 Å². The van der Waals surface area contributed by atoms with E-state index in [2.05, 4.69) is 13.8 Å². The van der Waals surface area contributed by atoms with E-state index in [1.165, 1.54) is 103 Å². The first-order chi connectivity index (χ1) is 21.5. The molecule has 0 saturated carbocycles. The topological polar surface area (TPSA) is 0 Å². The Bertz CT molecular complexity index is 1090. The van der Waals surface area contributed by atoms with Crippen LogP contribution < -0.4 is 0 Å².